The Labute approximate surface area is 159 Å². The molecule has 0 bridgehead atoms. The van der Waals surface area contributed by atoms with Crippen LogP contribution in [0.25, 0.3) is 11.0 Å². The molecule has 0 spiro atoms. The monoisotopic (exact) mass is 367 g/mol. The first-order chi connectivity index (χ1) is 13.0. The Morgan fingerprint density at radius 3 is 2.59 bits per heavy atom. The molecule has 0 aliphatic heterocycles. The maximum Gasteiger partial charge on any atom is 0.336 e. The number of hydrogen-bond donors (Lipinski definition) is 0. The molecule has 1 heterocycles. The molecule has 3 rings (SSSR count). The van der Waals surface area contributed by atoms with Gasteiger partial charge in [-0.1, -0.05) is 18.2 Å². The molecule has 0 amide bonds. The lowest BCUT2D eigenvalue weighted by molar-refractivity contribution is 0.305. The summed E-state index contributed by atoms with van der Waals surface area (Å²) >= 11 is 0. The van der Waals surface area contributed by atoms with E-state index in [4.69, 9.17) is 13.9 Å². The van der Waals surface area contributed by atoms with E-state index in [9.17, 15) is 4.79 Å². The third kappa shape index (κ3) is 4.49. The van der Waals surface area contributed by atoms with Crippen molar-refractivity contribution < 1.29 is 13.9 Å². The third-order valence-corrected chi connectivity index (χ3v) is 4.41. The molecule has 0 N–H and O–H groups in total. The lowest BCUT2D eigenvalue weighted by Crippen LogP contribution is -2.18. The van der Waals surface area contributed by atoms with Gasteiger partial charge in [-0.05, 0) is 55.8 Å². The van der Waals surface area contributed by atoms with Crippen LogP contribution in [0.2, 0.25) is 0 Å². The minimum absolute atomic E-state index is 0.320. The maximum absolute atomic E-state index is 11.9. The van der Waals surface area contributed by atoms with Gasteiger partial charge in [-0.3, -0.25) is 4.90 Å². The molecule has 0 aliphatic carbocycles. The molecule has 0 radical (unpaired) electrons. The van der Waals surface area contributed by atoms with Crippen LogP contribution in [-0.4, -0.2) is 25.7 Å². The molecule has 27 heavy (non-hydrogen) atoms. The predicted molar refractivity (Wildman–Crippen MR) is 107 cm³/mol. The highest BCUT2D eigenvalue weighted by Gasteiger charge is 2.11. The first-order valence-corrected chi connectivity index (χ1v) is 9.01. The standard InChI is InChI=1S/C22H25NO4/c1-5-26-19-9-7-16(11-21(19)25-4)13-23(3)14-17-12-22(24)27-20-10-15(2)6-8-18(17)20/h6-12H,5,13-14H2,1-4H3. The van der Waals surface area contributed by atoms with E-state index >= 15 is 0 Å². The number of methoxy groups -OCH3 is 1. The molecule has 0 saturated heterocycles. The molecule has 142 valence electrons. The Balaban J connectivity index is 1.81. The van der Waals surface area contributed by atoms with Crippen molar-refractivity contribution in [3.05, 3.63) is 69.6 Å². The molecule has 5 heteroatoms. The lowest BCUT2D eigenvalue weighted by atomic mass is 10.1. The normalized spacial score (nSPS) is 11.1. The second-order valence-electron chi connectivity index (χ2n) is 6.68. The second kappa shape index (κ2) is 8.27. The van der Waals surface area contributed by atoms with E-state index in [1.54, 1.807) is 13.2 Å². The fourth-order valence-electron chi connectivity index (χ4n) is 3.21. The summed E-state index contributed by atoms with van der Waals surface area (Å²) in [5.74, 6) is 1.47. The Morgan fingerprint density at radius 2 is 1.85 bits per heavy atom. The number of nitrogens with zero attached hydrogens (tertiary/aromatic N) is 1. The minimum Gasteiger partial charge on any atom is -0.493 e. The van der Waals surface area contributed by atoms with Gasteiger partial charge in [0, 0.05) is 24.5 Å². The van der Waals surface area contributed by atoms with Crippen molar-refractivity contribution in [2.75, 3.05) is 20.8 Å². The van der Waals surface area contributed by atoms with E-state index < -0.39 is 0 Å². The van der Waals surface area contributed by atoms with Crippen LogP contribution in [0.1, 0.15) is 23.6 Å². The van der Waals surface area contributed by atoms with Crippen molar-refractivity contribution in [3.63, 3.8) is 0 Å². The average molecular weight is 367 g/mol. The van der Waals surface area contributed by atoms with E-state index in [0.717, 1.165) is 40.1 Å². The summed E-state index contributed by atoms with van der Waals surface area (Å²) in [4.78, 5) is 14.1. The second-order valence-corrected chi connectivity index (χ2v) is 6.68. The SMILES string of the molecule is CCOc1ccc(CN(C)Cc2cc(=O)oc3cc(C)ccc23)cc1OC. The summed E-state index contributed by atoms with van der Waals surface area (Å²) in [5.41, 5.74) is 3.45. The Morgan fingerprint density at radius 1 is 1.04 bits per heavy atom. The molecule has 0 saturated carbocycles. The van der Waals surface area contributed by atoms with Gasteiger partial charge in [-0.15, -0.1) is 0 Å². The quantitative estimate of drug-likeness (QED) is 0.588. The first kappa shape index (κ1) is 19.0. The van der Waals surface area contributed by atoms with Crippen molar-refractivity contribution >= 4 is 11.0 Å². The Bertz CT molecular complexity index is 993. The van der Waals surface area contributed by atoms with Crippen molar-refractivity contribution in [3.8, 4) is 11.5 Å². The lowest BCUT2D eigenvalue weighted by Gasteiger charge is -2.19. The molecule has 2 aromatic carbocycles. The van der Waals surface area contributed by atoms with E-state index in [0.29, 0.717) is 18.7 Å². The van der Waals surface area contributed by atoms with E-state index in [2.05, 4.69) is 4.90 Å². The van der Waals surface area contributed by atoms with Crippen molar-refractivity contribution in [2.45, 2.75) is 26.9 Å². The van der Waals surface area contributed by atoms with Gasteiger partial charge in [-0.25, -0.2) is 4.79 Å². The Hall–Kier alpha value is -2.79. The Kier molecular flexibility index (Phi) is 5.81. The fraction of sp³-hybridized carbons (Fsp3) is 0.318. The predicted octanol–water partition coefficient (Wildman–Crippen LogP) is 4.14. The minimum atomic E-state index is -0.320. The molecule has 5 nitrogen and oxygen atoms in total. The molecule has 0 fully saturated rings. The molecular weight excluding hydrogens is 342 g/mol. The molecule has 0 aliphatic rings. The van der Waals surface area contributed by atoms with E-state index in [1.165, 1.54) is 0 Å². The van der Waals surface area contributed by atoms with Crippen LogP contribution in [0.5, 0.6) is 11.5 Å². The molecule has 1 aromatic heterocycles. The first-order valence-electron chi connectivity index (χ1n) is 9.01. The van der Waals surface area contributed by atoms with Crippen LogP contribution in [-0.2, 0) is 13.1 Å². The van der Waals surface area contributed by atoms with E-state index in [-0.39, 0.29) is 5.63 Å². The van der Waals surface area contributed by atoms with Crippen molar-refractivity contribution in [1.29, 1.82) is 0 Å². The van der Waals surface area contributed by atoms with Crippen LogP contribution in [0.4, 0.5) is 0 Å². The maximum atomic E-state index is 11.9. The van der Waals surface area contributed by atoms with Crippen LogP contribution in [0.15, 0.2) is 51.7 Å². The summed E-state index contributed by atoms with van der Waals surface area (Å²) in [5, 5.41) is 0.969. The number of fused-ring (bicyclic) bond motifs is 1. The summed E-state index contributed by atoms with van der Waals surface area (Å²) < 4.78 is 16.3. The topological polar surface area (TPSA) is 51.9 Å². The van der Waals surface area contributed by atoms with Crippen LogP contribution in [0, 0.1) is 6.92 Å². The number of hydrogen-bond acceptors (Lipinski definition) is 5. The van der Waals surface area contributed by atoms with E-state index in [1.807, 2.05) is 57.3 Å². The van der Waals surface area contributed by atoms with Gasteiger partial charge in [0.15, 0.2) is 11.5 Å². The highest BCUT2D eigenvalue weighted by atomic mass is 16.5. The summed E-state index contributed by atoms with van der Waals surface area (Å²) in [7, 11) is 3.67. The van der Waals surface area contributed by atoms with Crippen molar-refractivity contribution in [2.24, 2.45) is 0 Å². The summed E-state index contributed by atoms with van der Waals surface area (Å²) in [6.07, 6.45) is 0. The molecule has 0 atom stereocenters. The van der Waals surface area contributed by atoms with Crippen LogP contribution in [0.3, 0.4) is 0 Å². The third-order valence-electron chi connectivity index (χ3n) is 4.41. The summed E-state index contributed by atoms with van der Waals surface area (Å²) in [6.45, 7) is 5.89. The number of rotatable bonds is 7. The highest BCUT2D eigenvalue weighted by molar-refractivity contribution is 5.80. The van der Waals surface area contributed by atoms with Gasteiger partial charge in [0.1, 0.15) is 5.58 Å². The molecular formula is C22H25NO4. The van der Waals surface area contributed by atoms with Gasteiger partial charge in [0.05, 0.1) is 13.7 Å². The zero-order valence-electron chi connectivity index (χ0n) is 16.2. The largest absolute Gasteiger partial charge is 0.493 e. The summed E-state index contributed by atoms with van der Waals surface area (Å²) in [6, 6.07) is 13.5. The molecule has 0 unspecified atom stereocenters. The van der Waals surface area contributed by atoms with Gasteiger partial charge < -0.3 is 13.9 Å². The van der Waals surface area contributed by atoms with Gasteiger partial charge in [0.2, 0.25) is 0 Å². The van der Waals surface area contributed by atoms with Crippen LogP contribution < -0.4 is 15.1 Å². The number of benzene rings is 2. The zero-order valence-corrected chi connectivity index (χ0v) is 16.2. The number of aryl methyl sites for hydroxylation is 1. The average Bonchev–Trinajstić information content (AvgIpc) is 2.62. The van der Waals surface area contributed by atoms with Gasteiger partial charge in [-0.2, -0.15) is 0 Å². The smallest absolute Gasteiger partial charge is 0.336 e. The number of ether oxygens (including phenoxy) is 2. The van der Waals surface area contributed by atoms with Crippen LogP contribution >= 0.6 is 0 Å². The van der Waals surface area contributed by atoms with Gasteiger partial charge >= 0.3 is 5.63 Å². The molecule has 3 aromatic rings. The fourth-order valence-corrected chi connectivity index (χ4v) is 3.21. The van der Waals surface area contributed by atoms with Crippen molar-refractivity contribution in [1.82, 2.24) is 4.90 Å². The zero-order chi connectivity index (χ0) is 19.4. The van der Waals surface area contributed by atoms with Gasteiger partial charge in [0.25, 0.3) is 0 Å². The highest BCUT2D eigenvalue weighted by Crippen LogP contribution is 2.28.